The Hall–Kier alpha value is -1.62. The summed E-state index contributed by atoms with van der Waals surface area (Å²) >= 11 is 5.87. The Morgan fingerprint density at radius 2 is 2.10 bits per heavy atom. The standard InChI is InChI=1S/C14H16ClN5/c15-12-4-18-20(8-12)7-10-5-19(6-10)14-3-13(11-1-2-11)16-9-17-14/h3-4,8-11H,1-2,5-7H2. The fraction of sp³-hybridized carbons (Fsp3) is 0.500. The normalized spacial score (nSPS) is 19.1. The quantitative estimate of drug-likeness (QED) is 0.867. The van der Waals surface area contributed by atoms with Crippen molar-refractivity contribution in [2.45, 2.75) is 25.3 Å². The number of halogens is 1. The molecule has 5 nitrogen and oxygen atoms in total. The van der Waals surface area contributed by atoms with E-state index >= 15 is 0 Å². The monoisotopic (exact) mass is 289 g/mol. The average Bonchev–Trinajstić information content (AvgIpc) is 3.18. The Labute approximate surface area is 122 Å². The van der Waals surface area contributed by atoms with Gasteiger partial charge >= 0.3 is 0 Å². The van der Waals surface area contributed by atoms with Gasteiger partial charge in [-0.2, -0.15) is 5.10 Å². The van der Waals surface area contributed by atoms with E-state index in [1.165, 1.54) is 18.5 Å². The minimum atomic E-state index is 0.616. The molecule has 2 aliphatic rings. The third-order valence-corrected chi connectivity index (χ3v) is 4.19. The Morgan fingerprint density at radius 3 is 2.80 bits per heavy atom. The van der Waals surface area contributed by atoms with Crippen LogP contribution in [0.3, 0.4) is 0 Å². The van der Waals surface area contributed by atoms with Crippen molar-refractivity contribution in [3.05, 3.63) is 35.5 Å². The van der Waals surface area contributed by atoms with E-state index in [1.807, 2.05) is 10.9 Å². The molecule has 20 heavy (non-hydrogen) atoms. The second kappa shape index (κ2) is 4.74. The minimum Gasteiger partial charge on any atom is -0.356 e. The molecule has 2 aromatic rings. The average molecular weight is 290 g/mol. The predicted molar refractivity (Wildman–Crippen MR) is 76.9 cm³/mol. The van der Waals surface area contributed by atoms with E-state index in [0.717, 1.165) is 25.5 Å². The van der Waals surface area contributed by atoms with Gasteiger partial charge < -0.3 is 4.90 Å². The Kier molecular flexibility index (Phi) is 2.88. The van der Waals surface area contributed by atoms with Gasteiger partial charge in [0.15, 0.2) is 0 Å². The van der Waals surface area contributed by atoms with Crippen LogP contribution < -0.4 is 4.90 Å². The van der Waals surface area contributed by atoms with Crippen molar-refractivity contribution >= 4 is 17.4 Å². The van der Waals surface area contributed by atoms with Crippen LogP contribution in [-0.2, 0) is 6.54 Å². The molecule has 0 radical (unpaired) electrons. The molecule has 1 saturated carbocycles. The first-order valence-electron chi connectivity index (χ1n) is 7.03. The van der Waals surface area contributed by atoms with E-state index in [2.05, 4.69) is 26.0 Å². The van der Waals surface area contributed by atoms with Crippen LogP contribution in [0, 0.1) is 5.92 Å². The van der Waals surface area contributed by atoms with Gasteiger partial charge in [-0.25, -0.2) is 9.97 Å². The molecule has 0 amide bonds. The maximum atomic E-state index is 5.87. The molecule has 0 bridgehead atoms. The highest BCUT2D eigenvalue weighted by atomic mass is 35.5. The van der Waals surface area contributed by atoms with E-state index in [9.17, 15) is 0 Å². The molecule has 1 aliphatic heterocycles. The fourth-order valence-corrected chi connectivity index (χ4v) is 2.87. The van der Waals surface area contributed by atoms with Crippen molar-refractivity contribution in [3.63, 3.8) is 0 Å². The largest absolute Gasteiger partial charge is 0.356 e. The maximum absolute atomic E-state index is 5.87. The smallest absolute Gasteiger partial charge is 0.132 e. The van der Waals surface area contributed by atoms with Crippen LogP contribution in [0.2, 0.25) is 5.02 Å². The second-order valence-corrected chi connectivity index (χ2v) is 6.16. The first-order chi connectivity index (χ1) is 9.78. The lowest BCUT2D eigenvalue weighted by Crippen LogP contribution is -2.49. The number of aromatic nitrogens is 4. The minimum absolute atomic E-state index is 0.616. The topological polar surface area (TPSA) is 46.8 Å². The van der Waals surface area contributed by atoms with Crippen LogP contribution in [0.5, 0.6) is 0 Å². The maximum Gasteiger partial charge on any atom is 0.132 e. The van der Waals surface area contributed by atoms with Gasteiger partial charge in [-0.05, 0) is 12.8 Å². The molecule has 4 rings (SSSR count). The molecule has 2 aromatic heterocycles. The van der Waals surface area contributed by atoms with Crippen molar-refractivity contribution in [3.8, 4) is 0 Å². The zero-order valence-electron chi connectivity index (χ0n) is 11.1. The molecule has 104 valence electrons. The number of rotatable bonds is 4. The molecule has 0 unspecified atom stereocenters. The van der Waals surface area contributed by atoms with Crippen LogP contribution in [0.15, 0.2) is 24.8 Å². The number of nitrogens with zero attached hydrogens (tertiary/aromatic N) is 5. The van der Waals surface area contributed by atoms with Crippen LogP contribution in [0.25, 0.3) is 0 Å². The summed E-state index contributed by atoms with van der Waals surface area (Å²) in [5.74, 6) is 2.36. The molecule has 0 atom stereocenters. The Bertz CT molecular complexity index is 616. The summed E-state index contributed by atoms with van der Waals surface area (Å²) in [7, 11) is 0. The summed E-state index contributed by atoms with van der Waals surface area (Å²) in [4.78, 5) is 11.1. The molecule has 2 fully saturated rings. The highest BCUT2D eigenvalue weighted by Gasteiger charge is 2.30. The zero-order valence-corrected chi connectivity index (χ0v) is 11.9. The first-order valence-corrected chi connectivity index (χ1v) is 7.40. The molecule has 6 heteroatoms. The van der Waals surface area contributed by atoms with Gasteiger partial charge in [0.05, 0.1) is 11.2 Å². The molecular weight excluding hydrogens is 274 g/mol. The number of anilines is 1. The molecule has 0 spiro atoms. The van der Waals surface area contributed by atoms with Gasteiger partial charge in [0.25, 0.3) is 0 Å². The zero-order chi connectivity index (χ0) is 13.5. The van der Waals surface area contributed by atoms with Crippen LogP contribution in [-0.4, -0.2) is 32.8 Å². The summed E-state index contributed by atoms with van der Waals surface area (Å²) < 4.78 is 1.92. The summed E-state index contributed by atoms with van der Waals surface area (Å²) in [6.07, 6.45) is 7.81. The van der Waals surface area contributed by atoms with Gasteiger partial charge in [-0.15, -0.1) is 0 Å². The molecule has 1 aliphatic carbocycles. The van der Waals surface area contributed by atoms with Crippen LogP contribution in [0.4, 0.5) is 5.82 Å². The van der Waals surface area contributed by atoms with Crippen molar-refractivity contribution in [1.29, 1.82) is 0 Å². The van der Waals surface area contributed by atoms with E-state index in [-0.39, 0.29) is 0 Å². The third-order valence-electron chi connectivity index (χ3n) is 4.00. The summed E-state index contributed by atoms with van der Waals surface area (Å²) in [5, 5.41) is 4.92. The lowest BCUT2D eigenvalue weighted by atomic mass is 10.0. The predicted octanol–water partition coefficient (Wildman–Crippen LogP) is 2.34. The summed E-state index contributed by atoms with van der Waals surface area (Å²) in [5.41, 5.74) is 1.21. The fourth-order valence-electron chi connectivity index (χ4n) is 2.71. The van der Waals surface area contributed by atoms with Crippen LogP contribution in [0.1, 0.15) is 24.5 Å². The molecule has 0 N–H and O–H groups in total. The van der Waals surface area contributed by atoms with Crippen LogP contribution >= 0.6 is 11.6 Å². The van der Waals surface area contributed by atoms with E-state index < -0.39 is 0 Å². The Morgan fingerprint density at radius 1 is 1.25 bits per heavy atom. The van der Waals surface area contributed by atoms with E-state index in [4.69, 9.17) is 11.6 Å². The molecular formula is C14H16ClN5. The van der Waals surface area contributed by atoms with Crippen molar-refractivity contribution < 1.29 is 0 Å². The SMILES string of the molecule is Clc1cnn(CC2CN(c3cc(C4CC4)ncn3)C2)c1. The highest BCUT2D eigenvalue weighted by molar-refractivity contribution is 6.30. The van der Waals surface area contributed by atoms with Crippen molar-refractivity contribution in [2.75, 3.05) is 18.0 Å². The van der Waals surface area contributed by atoms with Gasteiger partial charge in [0, 0.05) is 49.4 Å². The summed E-state index contributed by atoms with van der Waals surface area (Å²) in [6, 6.07) is 2.15. The molecule has 1 saturated heterocycles. The number of hydrogen-bond donors (Lipinski definition) is 0. The lowest BCUT2D eigenvalue weighted by Gasteiger charge is -2.40. The second-order valence-electron chi connectivity index (χ2n) is 5.73. The van der Waals surface area contributed by atoms with E-state index in [0.29, 0.717) is 16.9 Å². The first kappa shape index (κ1) is 12.1. The van der Waals surface area contributed by atoms with Gasteiger partial charge in [-0.3, -0.25) is 4.68 Å². The molecule has 0 aromatic carbocycles. The number of hydrogen-bond acceptors (Lipinski definition) is 4. The summed E-state index contributed by atoms with van der Waals surface area (Å²) in [6.45, 7) is 2.97. The highest BCUT2D eigenvalue weighted by Crippen LogP contribution is 2.39. The van der Waals surface area contributed by atoms with Gasteiger partial charge in [0.2, 0.25) is 0 Å². The van der Waals surface area contributed by atoms with E-state index in [1.54, 1.807) is 12.5 Å². The van der Waals surface area contributed by atoms with Gasteiger partial charge in [-0.1, -0.05) is 11.6 Å². The van der Waals surface area contributed by atoms with Crippen molar-refractivity contribution in [2.24, 2.45) is 5.92 Å². The third kappa shape index (κ3) is 2.38. The molecule has 3 heterocycles. The lowest BCUT2D eigenvalue weighted by molar-refractivity contribution is 0.340. The van der Waals surface area contributed by atoms with Crippen molar-refractivity contribution in [1.82, 2.24) is 19.7 Å². The van der Waals surface area contributed by atoms with Gasteiger partial charge in [0.1, 0.15) is 12.1 Å². The Balaban J connectivity index is 1.37.